The molecule has 11 nitrogen and oxygen atoms in total. The van der Waals surface area contributed by atoms with Gasteiger partial charge in [0, 0.05) is 42.7 Å². The van der Waals surface area contributed by atoms with E-state index in [-0.39, 0.29) is 47.3 Å². The van der Waals surface area contributed by atoms with Crippen LogP contribution in [0.25, 0.3) is 22.3 Å². The van der Waals surface area contributed by atoms with Gasteiger partial charge in [-0.1, -0.05) is 23.4 Å². The molecule has 2 aromatic heterocycles. The SMILES string of the molecule is CC(=O)Nc1nc(-c2ccc(F)c3c(C(=O)C(O)NCCNC(=O)c4ccccc4)c[nH]c23)no1. The Kier molecular flexibility index (Phi) is 6.94. The largest absolute Gasteiger partial charge is 0.371 e. The first kappa shape index (κ1) is 23.7. The van der Waals surface area contributed by atoms with Crippen molar-refractivity contribution in [2.75, 3.05) is 18.4 Å². The second-order valence-electron chi connectivity index (χ2n) is 7.49. The smallest absolute Gasteiger partial charge is 0.328 e. The Morgan fingerprint density at radius 1 is 1.14 bits per heavy atom. The number of carbonyl (C=O) groups is 3. The molecule has 4 aromatic rings. The summed E-state index contributed by atoms with van der Waals surface area (Å²) in [4.78, 5) is 42.9. The highest BCUT2D eigenvalue weighted by Gasteiger charge is 2.24. The Morgan fingerprint density at radius 2 is 1.91 bits per heavy atom. The lowest BCUT2D eigenvalue weighted by molar-refractivity contribution is -0.114. The molecule has 35 heavy (non-hydrogen) atoms. The van der Waals surface area contributed by atoms with E-state index in [9.17, 15) is 23.9 Å². The van der Waals surface area contributed by atoms with Crippen LogP contribution in [-0.2, 0) is 4.79 Å². The summed E-state index contributed by atoms with van der Waals surface area (Å²) in [6.07, 6.45) is -0.363. The van der Waals surface area contributed by atoms with E-state index < -0.39 is 23.7 Å². The fourth-order valence-corrected chi connectivity index (χ4v) is 3.44. The number of fused-ring (bicyclic) bond motifs is 1. The van der Waals surface area contributed by atoms with Crippen LogP contribution in [0.4, 0.5) is 10.4 Å². The molecule has 180 valence electrons. The number of aliphatic hydroxyl groups excluding tert-OH is 1. The quantitative estimate of drug-likeness (QED) is 0.138. The maximum absolute atomic E-state index is 14.7. The number of aliphatic hydroxyl groups is 1. The summed E-state index contributed by atoms with van der Waals surface area (Å²) in [6, 6.07) is 11.0. The number of nitrogens with one attached hydrogen (secondary N) is 4. The number of hydrogen-bond donors (Lipinski definition) is 5. The molecular formula is C23H21FN6O5. The van der Waals surface area contributed by atoms with E-state index in [0.717, 1.165) is 6.07 Å². The van der Waals surface area contributed by atoms with Gasteiger partial charge in [0.15, 0.2) is 6.23 Å². The van der Waals surface area contributed by atoms with Crippen molar-refractivity contribution in [2.45, 2.75) is 13.2 Å². The first-order valence-electron chi connectivity index (χ1n) is 10.6. The van der Waals surface area contributed by atoms with Gasteiger partial charge in [-0.3, -0.25) is 25.0 Å². The third-order valence-electron chi connectivity index (χ3n) is 5.03. The van der Waals surface area contributed by atoms with Gasteiger partial charge in [0.05, 0.1) is 11.1 Å². The number of hydrogen-bond acceptors (Lipinski definition) is 8. The number of amides is 2. The van der Waals surface area contributed by atoms with Crippen molar-refractivity contribution in [2.24, 2.45) is 0 Å². The number of aromatic amines is 1. The van der Waals surface area contributed by atoms with Crippen molar-refractivity contribution in [1.82, 2.24) is 25.8 Å². The van der Waals surface area contributed by atoms with Crippen molar-refractivity contribution >= 4 is 34.5 Å². The summed E-state index contributed by atoms with van der Waals surface area (Å²) >= 11 is 0. The van der Waals surface area contributed by atoms with E-state index in [4.69, 9.17) is 4.52 Å². The van der Waals surface area contributed by atoms with Gasteiger partial charge >= 0.3 is 6.01 Å². The van der Waals surface area contributed by atoms with Crippen LogP contribution in [0, 0.1) is 5.82 Å². The number of carbonyl (C=O) groups excluding carboxylic acids is 3. The first-order valence-corrected chi connectivity index (χ1v) is 10.6. The average molecular weight is 480 g/mol. The van der Waals surface area contributed by atoms with Crippen LogP contribution >= 0.6 is 0 Å². The maximum Gasteiger partial charge on any atom is 0.328 e. The standard InChI is InChI=1S/C23H21FN6O5/c1-12(31)28-23-29-20(30-35-23)14-7-8-16(24)17-15(11-27-18(14)17)19(32)22(34)26-10-9-25-21(33)13-5-3-2-4-6-13/h2-8,11,22,26-27,34H,9-10H2,1H3,(H,25,33)(H,28,29,30,31). The lowest BCUT2D eigenvalue weighted by atomic mass is 10.0. The highest BCUT2D eigenvalue weighted by Crippen LogP contribution is 2.31. The van der Waals surface area contributed by atoms with Crippen LogP contribution < -0.4 is 16.0 Å². The van der Waals surface area contributed by atoms with Crippen molar-refractivity contribution in [3.8, 4) is 11.4 Å². The number of Topliss-reactive ketones (excluding diaryl/α,β-unsaturated/α-hetero) is 1. The molecule has 1 unspecified atom stereocenters. The molecule has 4 rings (SSSR count). The summed E-state index contributed by atoms with van der Waals surface area (Å²) in [5, 5.41) is 21.6. The van der Waals surface area contributed by atoms with Gasteiger partial charge in [0.25, 0.3) is 5.91 Å². The third kappa shape index (κ3) is 5.23. The number of aromatic nitrogens is 3. The molecule has 0 spiro atoms. The molecule has 2 amide bonds. The zero-order chi connectivity index (χ0) is 24.9. The van der Waals surface area contributed by atoms with Crippen LogP contribution in [0.1, 0.15) is 27.6 Å². The van der Waals surface area contributed by atoms with Crippen molar-refractivity contribution in [3.05, 3.63) is 65.6 Å². The molecule has 0 saturated heterocycles. The summed E-state index contributed by atoms with van der Waals surface area (Å²) < 4.78 is 19.6. The van der Waals surface area contributed by atoms with E-state index in [1.54, 1.807) is 30.3 Å². The Morgan fingerprint density at radius 3 is 2.66 bits per heavy atom. The second-order valence-corrected chi connectivity index (χ2v) is 7.49. The second kappa shape index (κ2) is 10.2. The minimum absolute atomic E-state index is 0.0587. The molecule has 2 aromatic carbocycles. The third-order valence-corrected chi connectivity index (χ3v) is 5.03. The minimum atomic E-state index is -1.64. The van der Waals surface area contributed by atoms with Gasteiger partial charge in [0.2, 0.25) is 17.5 Å². The zero-order valence-electron chi connectivity index (χ0n) is 18.5. The Labute approximate surface area is 197 Å². The van der Waals surface area contributed by atoms with E-state index >= 15 is 0 Å². The predicted molar refractivity (Wildman–Crippen MR) is 123 cm³/mol. The molecular weight excluding hydrogens is 459 g/mol. The molecule has 0 bridgehead atoms. The van der Waals surface area contributed by atoms with Crippen LogP contribution in [0.15, 0.2) is 53.2 Å². The van der Waals surface area contributed by atoms with Crippen LogP contribution in [-0.4, -0.2) is 57.1 Å². The molecule has 12 heteroatoms. The number of anilines is 1. The highest BCUT2D eigenvalue weighted by molar-refractivity contribution is 6.12. The van der Waals surface area contributed by atoms with Gasteiger partial charge in [0.1, 0.15) is 5.82 Å². The monoisotopic (exact) mass is 480 g/mol. The van der Waals surface area contributed by atoms with Gasteiger partial charge < -0.3 is 19.9 Å². The number of nitrogens with zero attached hydrogens (tertiary/aromatic N) is 2. The molecule has 0 fully saturated rings. The zero-order valence-corrected chi connectivity index (χ0v) is 18.5. The van der Waals surface area contributed by atoms with E-state index in [0.29, 0.717) is 11.1 Å². The summed E-state index contributed by atoms with van der Waals surface area (Å²) in [7, 11) is 0. The van der Waals surface area contributed by atoms with Crippen molar-refractivity contribution in [1.29, 1.82) is 0 Å². The Balaban J connectivity index is 1.45. The van der Waals surface area contributed by atoms with Crippen molar-refractivity contribution < 1.29 is 28.4 Å². The van der Waals surface area contributed by atoms with Crippen molar-refractivity contribution in [3.63, 3.8) is 0 Å². The lowest BCUT2D eigenvalue weighted by Crippen LogP contribution is -2.41. The van der Waals surface area contributed by atoms with E-state index in [1.165, 1.54) is 19.2 Å². The normalized spacial score (nSPS) is 11.9. The predicted octanol–water partition coefficient (Wildman–Crippen LogP) is 1.84. The van der Waals surface area contributed by atoms with Gasteiger partial charge in [-0.15, -0.1) is 0 Å². The molecule has 0 radical (unpaired) electrons. The topological polar surface area (TPSA) is 162 Å². The maximum atomic E-state index is 14.7. The molecule has 0 aliphatic rings. The molecule has 1 atom stereocenters. The van der Waals surface area contributed by atoms with Crippen LogP contribution in [0.2, 0.25) is 0 Å². The number of benzene rings is 2. The Hall–Kier alpha value is -4.42. The van der Waals surface area contributed by atoms with Gasteiger partial charge in [-0.25, -0.2) is 4.39 Å². The Bertz CT molecular complexity index is 1380. The minimum Gasteiger partial charge on any atom is -0.371 e. The molecule has 5 N–H and O–H groups in total. The summed E-state index contributed by atoms with van der Waals surface area (Å²) in [5.41, 5.74) is 0.941. The van der Waals surface area contributed by atoms with Gasteiger partial charge in [-0.2, -0.15) is 4.98 Å². The number of H-pyrrole nitrogens is 1. The lowest BCUT2D eigenvalue weighted by Gasteiger charge is -2.12. The summed E-state index contributed by atoms with van der Waals surface area (Å²) in [5.74, 6) is -2.09. The van der Waals surface area contributed by atoms with Gasteiger partial charge in [-0.05, 0) is 24.3 Å². The molecule has 0 aliphatic heterocycles. The van der Waals surface area contributed by atoms with E-state index in [2.05, 4.69) is 31.1 Å². The molecule has 2 heterocycles. The van der Waals surface area contributed by atoms with E-state index in [1.807, 2.05) is 0 Å². The average Bonchev–Trinajstić information content (AvgIpc) is 3.49. The van der Waals surface area contributed by atoms with Crippen LogP contribution in [0.3, 0.4) is 0 Å². The molecule has 0 aliphatic carbocycles. The summed E-state index contributed by atoms with van der Waals surface area (Å²) in [6.45, 7) is 1.52. The molecule has 0 saturated carbocycles. The highest BCUT2D eigenvalue weighted by atomic mass is 19.1. The number of ketones is 1. The van der Waals surface area contributed by atoms with Crippen LogP contribution in [0.5, 0.6) is 0 Å². The first-order chi connectivity index (χ1) is 16.8. The fraction of sp³-hybridized carbons (Fsp3) is 0.174. The fourth-order valence-electron chi connectivity index (χ4n) is 3.44. The number of rotatable bonds is 9. The number of halogens is 1.